The van der Waals surface area contributed by atoms with Gasteiger partial charge in [0.1, 0.15) is 12.3 Å². The number of hydrogen-bond donors (Lipinski definition) is 1. The molecule has 0 aliphatic rings. The number of anilines is 1. The zero-order valence-electron chi connectivity index (χ0n) is 13.1. The molecule has 1 aromatic heterocycles. The lowest BCUT2D eigenvalue weighted by Gasteiger charge is -2.23. The van der Waals surface area contributed by atoms with Gasteiger partial charge >= 0.3 is 12.2 Å². The second kappa shape index (κ2) is 6.88. The van der Waals surface area contributed by atoms with E-state index in [0.29, 0.717) is 10.6 Å². The minimum Gasteiger partial charge on any atom is -0.467 e. The van der Waals surface area contributed by atoms with E-state index in [4.69, 9.17) is 4.42 Å². The lowest BCUT2D eigenvalue weighted by atomic mass is 10.1. The van der Waals surface area contributed by atoms with E-state index in [-0.39, 0.29) is 12.3 Å². The Morgan fingerprint density at radius 2 is 1.80 bits per heavy atom. The normalized spacial score (nSPS) is 11.5. The van der Waals surface area contributed by atoms with Crippen molar-refractivity contribution >= 4 is 22.5 Å². The summed E-state index contributed by atoms with van der Waals surface area (Å²) in [6.07, 6.45) is -3.16. The number of amides is 2. The summed E-state index contributed by atoms with van der Waals surface area (Å²) in [5.74, 6) is 0.275. The van der Waals surface area contributed by atoms with Gasteiger partial charge in [-0.25, -0.2) is 4.79 Å². The molecule has 4 nitrogen and oxygen atoms in total. The minimum absolute atomic E-state index is 0.275. The van der Waals surface area contributed by atoms with Gasteiger partial charge in [0.2, 0.25) is 0 Å². The molecule has 0 radical (unpaired) electrons. The Labute approximate surface area is 141 Å². The molecular formula is C18H15F3N2O2. The number of fused-ring (bicyclic) bond motifs is 1. The standard InChI is InChI=1S/C18H15F3N2O2/c19-18(20,21)12-23(11-14-7-4-10-25-14)17(24)22-16-9-3-6-13-5-1-2-8-15(13)16/h1-10H,11-12H2,(H,22,24). The highest BCUT2D eigenvalue weighted by molar-refractivity contribution is 6.01. The molecule has 0 unspecified atom stereocenters. The number of furan rings is 1. The summed E-state index contributed by atoms with van der Waals surface area (Å²) in [6, 6.07) is 14.8. The molecule has 1 heterocycles. The summed E-state index contributed by atoms with van der Waals surface area (Å²) in [4.78, 5) is 13.1. The van der Waals surface area contributed by atoms with Crippen LogP contribution in [0.4, 0.5) is 23.7 Å². The lowest BCUT2D eigenvalue weighted by Crippen LogP contribution is -2.41. The van der Waals surface area contributed by atoms with Crippen molar-refractivity contribution in [3.8, 4) is 0 Å². The molecule has 130 valence electrons. The van der Waals surface area contributed by atoms with Crippen LogP contribution in [0, 0.1) is 0 Å². The van der Waals surface area contributed by atoms with Crippen molar-refractivity contribution in [3.63, 3.8) is 0 Å². The number of carbonyl (C=O) groups excluding carboxylic acids is 1. The molecule has 2 amide bonds. The third-order valence-corrected chi connectivity index (χ3v) is 3.62. The zero-order chi connectivity index (χ0) is 17.9. The number of hydrogen-bond acceptors (Lipinski definition) is 2. The zero-order valence-corrected chi connectivity index (χ0v) is 13.1. The average Bonchev–Trinajstić information content (AvgIpc) is 3.06. The highest BCUT2D eigenvalue weighted by atomic mass is 19.4. The number of nitrogens with zero attached hydrogens (tertiary/aromatic N) is 1. The third kappa shape index (κ3) is 4.32. The van der Waals surface area contributed by atoms with Crippen molar-refractivity contribution < 1.29 is 22.4 Å². The molecule has 0 aliphatic heterocycles. The van der Waals surface area contributed by atoms with Crippen molar-refractivity contribution in [3.05, 3.63) is 66.6 Å². The first-order chi connectivity index (χ1) is 11.9. The number of nitrogens with one attached hydrogen (secondary N) is 1. The van der Waals surface area contributed by atoms with Gasteiger partial charge in [-0.1, -0.05) is 36.4 Å². The lowest BCUT2D eigenvalue weighted by molar-refractivity contribution is -0.140. The third-order valence-electron chi connectivity index (χ3n) is 3.62. The molecule has 0 atom stereocenters. The number of urea groups is 1. The van der Waals surface area contributed by atoms with Crippen molar-refractivity contribution in [2.24, 2.45) is 0 Å². The van der Waals surface area contributed by atoms with Gasteiger partial charge in [-0.2, -0.15) is 13.2 Å². The smallest absolute Gasteiger partial charge is 0.406 e. The van der Waals surface area contributed by atoms with Gasteiger partial charge in [-0.15, -0.1) is 0 Å². The predicted octanol–water partition coefficient (Wildman–Crippen LogP) is 5.03. The Hall–Kier alpha value is -2.96. The molecule has 0 aliphatic carbocycles. The summed E-state index contributed by atoms with van der Waals surface area (Å²) < 4.78 is 43.6. The van der Waals surface area contributed by atoms with Gasteiger partial charge in [0.05, 0.1) is 18.5 Å². The van der Waals surface area contributed by atoms with Crippen molar-refractivity contribution in [1.82, 2.24) is 4.90 Å². The van der Waals surface area contributed by atoms with E-state index in [1.807, 2.05) is 18.2 Å². The first-order valence-corrected chi connectivity index (χ1v) is 7.55. The maximum Gasteiger partial charge on any atom is 0.406 e. The van der Waals surface area contributed by atoms with Gasteiger partial charge in [-0.3, -0.25) is 0 Å². The topological polar surface area (TPSA) is 45.5 Å². The summed E-state index contributed by atoms with van der Waals surface area (Å²) in [5, 5.41) is 4.20. The van der Waals surface area contributed by atoms with E-state index >= 15 is 0 Å². The van der Waals surface area contributed by atoms with E-state index in [1.54, 1.807) is 30.3 Å². The van der Waals surface area contributed by atoms with Crippen LogP contribution in [-0.4, -0.2) is 23.7 Å². The molecule has 3 aromatic rings. The fraction of sp³-hybridized carbons (Fsp3) is 0.167. The van der Waals surface area contributed by atoms with Gasteiger partial charge in [0.25, 0.3) is 0 Å². The number of carbonyl (C=O) groups is 1. The van der Waals surface area contributed by atoms with Gasteiger partial charge in [-0.05, 0) is 23.6 Å². The van der Waals surface area contributed by atoms with E-state index in [0.717, 1.165) is 10.8 Å². The molecule has 25 heavy (non-hydrogen) atoms. The van der Waals surface area contributed by atoms with E-state index in [9.17, 15) is 18.0 Å². The van der Waals surface area contributed by atoms with E-state index in [1.165, 1.54) is 12.3 Å². The molecule has 0 fully saturated rings. The Morgan fingerprint density at radius 1 is 1.04 bits per heavy atom. The number of alkyl halides is 3. The van der Waals surface area contributed by atoms with Gasteiger partial charge < -0.3 is 14.6 Å². The van der Waals surface area contributed by atoms with Crippen molar-refractivity contribution in [2.45, 2.75) is 12.7 Å². The second-order valence-corrected chi connectivity index (χ2v) is 5.51. The van der Waals surface area contributed by atoms with Crippen molar-refractivity contribution in [1.29, 1.82) is 0 Å². The molecule has 0 saturated heterocycles. The first-order valence-electron chi connectivity index (χ1n) is 7.55. The molecular weight excluding hydrogens is 333 g/mol. The Bertz CT molecular complexity index is 855. The second-order valence-electron chi connectivity index (χ2n) is 5.51. The number of halogens is 3. The van der Waals surface area contributed by atoms with E-state index < -0.39 is 18.8 Å². The highest BCUT2D eigenvalue weighted by Gasteiger charge is 2.33. The van der Waals surface area contributed by atoms with Gasteiger partial charge in [0.15, 0.2) is 0 Å². The van der Waals surface area contributed by atoms with Gasteiger partial charge in [0, 0.05) is 5.39 Å². The van der Waals surface area contributed by atoms with Crippen LogP contribution in [0.2, 0.25) is 0 Å². The first kappa shape index (κ1) is 16.9. The fourth-order valence-corrected chi connectivity index (χ4v) is 2.54. The van der Waals surface area contributed by atoms with Crippen LogP contribution in [0.3, 0.4) is 0 Å². The van der Waals surface area contributed by atoms with Crippen LogP contribution in [0.1, 0.15) is 5.76 Å². The number of benzene rings is 2. The maximum atomic E-state index is 12.8. The molecule has 0 bridgehead atoms. The van der Waals surface area contributed by atoms with Crippen LogP contribution in [0.5, 0.6) is 0 Å². The molecule has 2 aromatic carbocycles. The van der Waals surface area contributed by atoms with Crippen LogP contribution < -0.4 is 5.32 Å². The minimum atomic E-state index is -4.51. The van der Waals surface area contributed by atoms with Crippen LogP contribution in [-0.2, 0) is 6.54 Å². The van der Waals surface area contributed by atoms with Crippen LogP contribution in [0.15, 0.2) is 65.3 Å². The molecule has 1 N–H and O–H groups in total. The molecule has 0 spiro atoms. The predicted molar refractivity (Wildman–Crippen MR) is 88.1 cm³/mol. The van der Waals surface area contributed by atoms with E-state index in [2.05, 4.69) is 5.32 Å². The SMILES string of the molecule is O=C(Nc1cccc2ccccc12)N(Cc1ccco1)CC(F)(F)F. The maximum absolute atomic E-state index is 12.8. The average molecular weight is 348 g/mol. The summed E-state index contributed by atoms with van der Waals surface area (Å²) in [5.41, 5.74) is 0.453. The summed E-state index contributed by atoms with van der Waals surface area (Å²) in [7, 11) is 0. The fourth-order valence-electron chi connectivity index (χ4n) is 2.54. The highest BCUT2D eigenvalue weighted by Crippen LogP contribution is 2.24. The quantitative estimate of drug-likeness (QED) is 0.719. The largest absolute Gasteiger partial charge is 0.467 e. The molecule has 7 heteroatoms. The Kier molecular flexibility index (Phi) is 4.65. The van der Waals surface area contributed by atoms with Crippen molar-refractivity contribution in [2.75, 3.05) is 11.9 Å². The van der Waals surface area contributed by atoms with Crippen LogP contribution in [0.25, 0.3) is 10.8 Å². The summed E-state index contributed by atoms with van der Waals surface area (Å²) in [6.45, 7) is -1.65. The Balaban J connectivity index is 1.83. The number of rotatable bonds is 4. The molecule has 3 rings (SSSR count). The van der Waals surface area contributed by atoms with Crippen LogP contribution >= 0.6 is 0 Å². The molecule has 0 saturated carbocycles. The Morgan fingerprint density at radius 3 is 2.52 bits per heavy atom. The monoisotopic (exact) mass is 348 g/mol. The summed E-state index contributed by atoms with van der Waals surface area (Å²) >= 11 is 0.